The Hall–Kier alpha value is -1.06. The van der Waals surface area contributed by atoms with Crippen LogP contribution in [0.5, 0.6) is 0 Å². The first-order valence-electron chi connectivity index (χ1n) is 5.12. The highest BCUT2D eigenvalue weighted by Crippen LogP contribution is 2.21. The molecule has 0 spiro atoms. The van der Waals surface area contributed by atoms with Gasteiger partial charge in [0.15, 0.2) is 0 Å². The fourth-order valence-corrected chi connectivity index (χ4v) is 2.70. The van der Waals surface area contributed by atoms with Crippen LogP contribution in [0.1, 0.15) is 12.8 Å². The van der Waals surface area contributed by atoms with Crippen LogP contribution in [0, 0.1) is 0 Å². The smallest absolute Gasteiger partial charge is 0.299 e. The number of halogens is 1. The Balaban J connectivity index is 2.42. The molecule has 1 aromatic carbocycles. The van der Waals surface area contributed by atoms with Crippen LogP contribution in [0.2, 0.25) is 5.02 Å². The molecule has 1 aromatic heterocycles. The Kier molecular flexibility index (Phi) is 3.46. The van der Waals surface area contributed by atoms with Gasteiger partial charge in [0.1, 0.15) is 0 Å². The highest BCUT2D eigenvalue weighted by atomic mass is 35.5. The van der Waals surface area contributed by atoms with Crippen molar-refractivity contribution < 1.29 is 0 Å². The summed E-state index contributed by atoms with van der Waals surface area (Å²) in [4.78, 5) is 11.8. The second-order valence-corrected chi connectivity index (χ2v) is 4.99. The van der Waals surface area contributed by atoms with Crippen LogP contribution in [0.15, 0.2) is 35.6 Å². The number of thiazole rings is 1. The lowest BCUT2D eigenvalue weighted by Crippen LogP contribution is -2.12. The van der Waals surface area contributed by atoms with Crippen molar-refractivity contribution in [3.63, 3.8) is 0 Å². The molecule has 0 aliphatic rings. The predicted molar refractivity (Wildman–Crippen MR) is 70.5 cm³/mol. The lowest BCUT2D eigenvalue weighted by molar-refractivity contribution is 0.660. The second kappa shape index (κ2) is 4.85. The Morgan fingerprint density at radius 1 is 1.50 bits per heavy atom. The molecule has 84 valence electrons. The van der Waals surface area contributed by atoms with Crippen molar-refractivity contribution in [3.05, 3.63) is 45.5 Å². The lowest BCUT2D eigenvalue weighted by Gasteiger charge is -2.02. The first-order chi connectivity index (χ1) is 7.72. The molecule has 0 saturated heterocycles. The van der Waals surface area contributed by atoms with E-state index in [9.17, 15) is 4.79 Å². The molecule has 0 saturated carbocycles. The average Bonchev–Trinajstić information content (AvgIpc) is 2.56. The number of aryl methyl sites for hydroxylation is 1. The van der Waals surface area contributed by atoms with E-state index in [0.29, 0.717) is 5.02 Å². The molecule has 0 aliphatic carbocycles. The highest BCUT2D eigenvalue weighted by Gasteiger charge is 2.06. The quantitative estimate of drug-likeness (QED) is 0.602. The molecule has 2 nitrogen and oxygen atoms in total. The minimum absolute atomic E-state index is 0.0846. The Morgan fingerprint density at radius 3 is 3.06 bits per heavy atom. The molecule has 0 N–H and O–H groups in total. The standard InChI is InChI=1S/C12H12ClNOS/c1-2-3-4-7-14-10-8-9(13)5-6-11(10)16-12(14)15/h2,5-6,8H,1,3-4,7H2. The molecule has 0 unspecified atom stereocenters. The molecule has 0 aliphatic heterocycles. The summed E-state index contributed by atoms with van der Waals surface area (Å²) in [6.07, 6.45) is 3.72. The number of hydrogen-bond acceptors (Lipinski definition) is 2. The van der Waals surface area contributed by atoms with Gasteiger partial charge in [0.05, 0.1) is 10.2 Å². The maximum absolute atomic E-state index is 11.8. The maximum atomic E-state index is 11.8. The Labute approximate surface area is 103 Å². The summed E-state index contributed by atoms with van der Waals surface area (Å²) in [5.74, 6) is 0. The van der Waals surface area contributed by atoms with E-state index in [2.05, 4.69) is 6.58 Å². The van der Waals surface area contributed by atoms with E-state index in [-0.39, 0.29) is 4.87 Å². The predicted octanol–water partition coefficient (Wildman–Crippen LogP) is 3.68. The van der Waals surface area contributed by atoms with Crippen molar-refractivity contribution in [2.24, 2.45) is 0 Å². The SMILES string of the molecule is C=CCCCn1c(=O)sc2ccc(Cl)cc21. The molecule has 4 heteroatoms. The van der Waals surface area contributed by atoms with Crippen LogP contribution in [0.25, 0.3) is 10.2 Å². The first kappa shape index (κ1) is 11.4. The van der Waals surface area contributed by atoms with Crippen LogP contribution in [-0.2, 0) is 6.54 Å². The average molecular weight is 254 g/mol. The van der Waals surface area contributed by atoms with Crippen molar-refractivity contribution in [2.75, 3.05) is 0 Å². The van der Waals surface area contributed by atoms with E-state index >= 15 is 0 Å². The van der Waals surface area contributed by atoms with Gasteiger partial charge in [0, 0.05) is 11.6 Å². The Morgan fingerprint density at radius 2 is 2.31 bits per heavy atom. The third kappa shape index (κ3) is 2.20. The van der Waals surface area contributed by atoms with Crippen LogP contribution in [0.4, 0.5) is 0 Å². The number of rotatable bonds is 4. The molecule has 0 radical (unpaired) electrons. The van der Waals surface area contributed by atoms with Gasteiger partial charge in [0.25, 0.3) is 0 Å². The lowest BCUT2D eigenvalue weighted by atomic mass is 10.3. The summed E-state index contributed by atoms with van der Waals surface area (Å²) in [5, 5.41) is 0.669. The number of nitrogens with zero attached hydrogens (tertiary/aromatic N) is 1. The van der Waals surface area contributed by atoms with Crippen LogP contribution in [-0.4, -0.2) is 4.57 Å². The summed E-state index contributed by atoms with van der Waals surface area (Å²) in [6.45, 7) is 4.40. The normalized spacial score (nSPS) is 10.8. The number of unbranched alkanes of at least 4 members (excludes halogenated alkanes) is 1. The van der Waals surface area contributed by atoms with E-state index in [0.717, 1.165) is 29.6 Å². The summed E-state index contributed by atoms with van der Waals surface area (Å²) >= 11 is 7.20. The third-order valence-corrected chi connectivity index (χ3v) is 3.61. The summed E-state index contributed by atoms with van der Waals surface area (Å²) in [5.41, 5.74) is 0.937. The second-order valence-electron chi connectivity index (χ2n) is 3.56. The van der Waals surface area contributed by atoms with E-state index in [1.165, 1.54) is 11.3 Å². The first-order valence-corrected chi connectivity index (χ1v) is 6.31. The zero-order chi connectivity index (χ0) is 11.5. The minimum atomic E-state index is 0.0846. The molecule has 1 heterocycles. The molecule has 0 atom stereocenters. The number of hydrogen-bond donors (Lipinski definition) is 0. The van der Waals surface area contributed by atoms with E-state index in [4.69, 9.17) is 11.6 Å². The number of fused-ring (bicyclic) bond motifs is 1. The van der Waals surface area contributed by atoms with Crippen molar-refractivity contribution in [1.82, 2.24) is 4.57 Å². The van der Waals surface area contributed by atoms with Crippen molar-refractivity contribution >= 4 is 33.2 Å². The molecule has 0 bridgehead atoms. The zero-order valence-corrected chi connectivity index (χ0v) is 10.4. The van der Waals surface area contributed by atoms with Crippen molar-refractivity contribution in [1.29, 1.82) is 0 Å². The summed E-state index contributed by atoms with van der Waals surface area (Å²) in [6, 6.07) is 5.56. The van der Waals surface area contributed by atoms with Gasteiger partial charge in [-0.15, -0.1) is 6.58 Å². The van der Waals surface area contributed by atoms with Gasteiger partial charge >= 0.3 is 4.87 Å². The van der Waals surface area contributed by atoms with Crippen LogP contribution < -0.4 is 4.87 Å². The van der Waals surface area contributed by atoms with Crippen LogP contribution >= 0.6 is 22.9 Å². The monoisotopic (exact) mass is 253 g/mol. The molecular weight excluding hydrogens is 242 g/mol. The van der Waals surface area contributed by atoms with Crippen molar-refractivity contribution in [2.45, 2.75) is 19.4 Å². The van der Waals surface area contributed by atoms with Gasteiger partial charge in [-0.25, -0.2) is 0 Å². The van der Waals surface area contributed by atoms with Crippen LogP contribution in [0.3, 0.4) is 0 Å². The van der Waals surface area contributed by atoms with Gasteiger partial charge in [-0.1, -0.05) is 29.0 Å². The van der Waals surface area contributed by atoms with Gasteiger partial charge in [0.2, 0.25) is 0 Å². The summed E-state index contributed by atoms with van der Waals surface area (Å²) < 4.78 is 2.78. The fourth-order valence-electron chi connectivity index (χ4n) is 1.64. The summed E-state index contributed by atoms with van der Waals surface area (Å²) in [7, 11) is 0. The largest absolute Gasteiger partial charge is 0.308 e. The van der Waals surface area contributed by atoms with Gasteiger partial charge in [-0.3, -0.25) is 9.36 Å². The Bertz CT molecular complexity index is 570. The number of allylic oxidation sites excluding steroid dienone is 1. The number of benzene rings is 1. The maximum Gasteiger partial charge on any atom is 0.308 e. The highest BCUT2D eigenvalue weighted by molar-refractivity contribution is 7.16. The minimum Gasteiger partial charge on any atom is -0.299 e. The fraction of sp³-hybridized carbons (Fsp3) is 0.250. The molecule has 2 aromatic rings. The van der Waals surface area contributed by atoms with Gasteiger partial charge in [-0.2, -0.15) is 0 Å². The topological polar surface area (TPSA) is 22.0 Å². The zero-order valence-electron chi connectivity index (χ0n) is 8.78. The molecule has 0 amide bonds. The molecule has 16 heavy (non-hydrogen) atoms. The van der Waals surface area contributed by atoms with Crippen molar-refractivity contribution in [3.8, 4) is 0 Å². The molecular formula is C12H12ClNOS. The van der Waals surface area contributed by atoms with Gasteiger partial charge in [-0.05, 0) is 31.0 Å². The molecule has 0 fully saturated rings. The van der Waals surface area contributed by atoms with E-state index < -0.39 is 0 Å². The van der Waals surface area contributed by atoms with E-state index in [1.807, 2.05) is 24.3 Å². The van der Waals surface area contributed by atoms with Gasteiger partial charge < -0.3 is 0 Å². The molecule has 2 rings (SSSR count). The number of aromatic nitrogens is 1. The third-order valence-electron chi connectivity index (χ3n) is 2.42. The van der Waals surface area contributed by atoms with E-state index in [1.54, 1.807) is 4.57 Å².